The minimum atomic E-state index is 0.651. The standard InChI is InChI=1S/C19H37O/c1-3-4-5-6-7-8-9-10-11-12-13-14-15-16-17-18-19-20-2/h17-18H,2-16,19H2,1H3. The summed E-state index contributed by atoms with van der Waals surface area (Å²) < 4.78 is 4.72. The van der Waals surface area contributed by atoms with Crippen molar-refractivity contribution in [3.8, 4) is 0 Å². The minimum absolute atomic E-state index is 0.651. The quantitative estimate of drug-likeness (QED) is 0.222. The van der Waals surface area contributed by atoms with Crippen LogP contribution in [0.4, 0.5) is 0 Å². The van der Waals surface area contributed by atoms with Gasteiger partial charge in [0.15, 0.2) is 0 Å². The van der Waals surface area contributed by atoms with E-state index in [0.717, 1.165) is 0 Å². The summed E-state index contributed by atoms with van der Waals surface area (Å²) in [5.41, 5.74) is 0. The van der Waals surface area contributed by atoms with Crippen molar-refractivity contribution in [1.82, 2.24) is 0 Å². The van der Waals surface area contributed by atoms with Crippen LogP contribution in [0.1, 0.15) is 96.8 Å². The zero-order valence-corrected chi connectivity index (χ0v) is 13.9. The highest BCUT2D eigenvalue weighted by Gasteiger charge is 1.93. The SMILES string of the molecule is [CH2]OCC=CCCCCCCCCCCCCCCC. The van der Waals surface area contributed by atoms with Crippen molar-refractivity contribution in [3.05, 3.63) is 19.3 Å². The lowest BCUT2D eigenvalue weighted by atomic mass is 10.0. The topological polar surface area (TPSA) is 9.23 Å². The van der Waals surface area contributed by atoms with Gasteiger partial charge >= 0.3 is 0 Å². The molecule has 0 aliphatic rings. The van der Waals surface area contributed by atoms with E-state index in [1.54, 1.807) is 0 Å². The van der Waals surface area contributed by atoms with E-state index < -0.39 is 0 Å². The first kappa shape index (κ1) is 19.7. The number of ether oxygens (including phenoxy) is 1. The Morgan fingerprint density at radius 1 is 0.650 bits per heavy atom. The molecular formula is C19H37O. The smallest absolute Gasteiger partial charge is 0.0704 e. The Morgan fingerprint density at radius 3 is 1.55 bits per heavy atom. The molecule has 1 heteroatoms. The molecule has 0 bridgehead atoms. The van der Waals surface area contributed by atoms with E-state index >= 15 is 0 Å². The molecule has 20 heavy (non-hydrogen) atoms. The molecule has 1 nitrogen and oxygen atoms in total. The number of allylic oxidation sites excluding steroid dienone is 1. The van der Waals surface area contributed by atoms with Crippen molar-refractivity contribution in [3.63, 3.8) is 0 Å². The Balaban J connectivity index is 2.96. The maximum atomic E-state index is 4.72. The number of rotatable bonds is 16. The zero-order chi connectivity index (χ0) is 14.7. The molecule has 0 amide bonds. The second kappa shape index (κ2) is 18.7. The van der Waals surface area contributed by atoms with Gasteiger partial charge in [0.1, 0.15) is 0 Å². The summed E-state index contributed by atoms with van der Waals surface area (Å²) in [5.74, 6) is 0. The van der Waals surface area contributed by atoms with Gasteiger partial charge in [-0.05, 0) is 12.8 Å². The summed E-state index contributed by atoms with van der Waals surface area (Å²) >= 11 is 0. The largest absolute Gasteiger partial charge is 0.375 e. The van der Waals surface area contributed by atoms with E-state index in [1.165, 1.54) is 89.9 Å². The minimum Gasteiger partial charge on any atom is -0.375 e. The van der Waals surface area contributed by atoms with Crippen LogP contribution in [0, 0.1) is 7.11 Å². The lowest BCUT2D eigenvalue weighted by Crippen LogP contribution is -1.83. The molecule has 0 N–H and O–H groups in total. The third kappa shape index (κ3) is 17.7. The van der Waals surface area contributed by atoms with E-state index in [2.05, 4.69) is 26.2 Å². The van der Waals surface area contributed by atoms with E-state index in [1.807, 2.05) is 0 Å². The lowest BCUT2D eigenvalue weighted by molar-refractivity contribution is 0.281. The van der Waals surface area contributed by atoms with Crippen LogP contribution in [0.3, 0.4) is 0 Å². The van der Waals surface area contributed by atoms with Crippen molar-refractivity contribution >= 4 is 0 Å². The summed E-state index contributed by atoms with van der Waals surface area (Å²) in [6.45, 7) is 2.94. The molecule has 0 saturated heterocycles. The van der Waals surface area contributed by atoms with Crippen LogP contribution in [0.2, 0.25) is 0 Å². The average molecular weight is 282 g/mol. The highest BCUT2D eigenvalue weighted by atomic mass is 16.5. The molecule has 0 aromatic heterocycles. The molecule has 119 valence electrons. The van der Waals surface area contributed by atoms with Crippen molar-refractivity contribution in [2.24, 2.45) is 0 Å². The Morgan fingerprint density at radius 2 is 1.10 bits per heavy atom. The Kier molecular flexibility index (Phi) is 18.4. The van der Waals surface area contributed by atoms with E-state index in [0.29, 0.717) is 6.61 Å². The van der Waals surface area contributed by atoms with Gasteiger partial charge in [-0.3, -0.25) is 0 Å². The second-order valence-corrected chi connectivity index (χ2v) is 5.87. The molecule has 0 aliphatic heterocycles. The molecule has 0 aromatic rings. The first-order chi connectivity index (χ1) is 9.91. The van der Waals surface area contributed by atoms with E-state index in [-0.39, 0.29) is 0 Å². The average Bonchev–Trinajstić information content (AvgIpc) is 2.47. The summed E-state index contributed by atoms with van der Waals surface area (Å²) in [7, 11) is 3.34. The highest BCUT2D eigenvalue weighted by Crippen LogP contribution is 2.12. The van der Waals surface area contributed by atoms with Gasteiger partial charge in [0.05, 0.1) is 13.7 Å². The van der Waals surface area contributed by atoms with Crippen LogP contribution in [0.15, 0.2) is 12.2 Å². The summed E-state index contributed by atoms with van der Waals surface area (Å²) in [5, 5.41) is 0. The van der Waals surface area contributed by atoms with Crippen molar-refractivity contribution < 1.29 is 4.74 Å². The van der Waals surface area contributed by atoms with Crippen LogP contribution in [-0.2, 0) is 4.74 Å². The highest BCUT2D eigenvalue weighted by molar-refractivity contribution is 4.81. The molecule has 0 saturated carbocycles. The third-order valence-electron chi connectivity index (χ3n) is 3.86. The Bertz CT molecular complexity index is 186. The van der Waals surface area contributed by atoms with Gasteiger partial charge in [0, 0.05) is 0 Å². The number of unbranched alkanes of at least 4 members (excludes halogenated alkanes) is 13. The maximum Gasteiger partial charge on any atom is 0.0704 e. The van der Waals surface area contributed by atoms with Gasteiger partial charge in [-0.25, -0.2) is 0 Å². The fraction of sp³-hybridized carbons (Fsp3) is 0.842. The molecule has 0 aromatic carbocycles. The third-order valence-corrected chi connectivity index (χ3v) is 3.86. The molecule has 0 fully saturated rings. The van der Waals surface area contributed by atoms with E-state index in [4.69, 9.17) is 4.74 Å². The lowest BCUT2D eigenvalue weighted by Gasteiger charge is -2.02. The van der Waals surface area contributed by atoms with E-state index in [9.17, 15) is 0 Å². The summed E-state index contributed by atoms with van der Waals surface area (Å²) in [6.07, 6.45) is 24.0. The van der Waals surface area contributed by atoms with Gasteiger partial charge in [-0.1, -0.05) is 96.1 Å². The first-order valence-electron chi connectivity index (χ1n) is 8.93. The maximum absolute atomic E-state index is 4.72. The monoisotopic (exact) mass is 281 g/mol. The molecule has 0 unspecified atom stereocenters. The summed E-state index contributed by atoms with van der Waals surface area (Å²) in [4.78, 5) is 0. The predicted octanol–water partition coefficient (Wildman–Crippen LogP) is 6.83. The van der Waals surface area contributed by atoms with Crippen LogP contribution < -0.4 is 0 Å². The van der Waals surface area contributed by atoms with Gasteiger partial charge in [0.25, 0.3) is 0 Å². The summed E-state index contributed by atoms with van der Waals surface area (Å²) in [6, 6.07) is 0. The van der Waals surface area contributed by atoms with Gasteiger partial charge in [0.2, 0.25) is 0 Å². The van der Waals surface area contributed by atoms with Gasteiger partial charge in [-0.15, -0.1) is 0 Å². The molecule has 0 aliphatic carbocycles. The van der Waals surface area contributed by atoms with Crippen LogP contribution >= 0.6 is 0 Å². The van der Waals surface area contributed by atoms with Gasteiger partial charge in [-0.2, -0.15) is 0 Å². The molecule has 0 rings (SSSR count). The molecule has 0 heterocycles. The molecule has 0 atom stereocenters. The number of hydrogen-bond donors (Lipinski definition) is 0. The number of hydrogen-bond acceptors (Lipinski definition) is 1. The fourth-order valence-electron chi connectivity index (χ4n) is 2.53. The van der Waals surface area contributed by atoms with Crippen molar-refractivity contribution in [2.45, 2.75) is 96.8 Å². The fourth-order valence-corrected chi connectivity index (χ4v) is 2.53. The molecular weight excluding hydrogens is 244 g/mol. The Labute approximate surface area is 128 Å². The zero-order valence-electron chi connectivity index (χ0n) is 13.9. The predicted molar refractivity (Wildman–Crippen MR) is 90.8 cm³/mol. The molecule has 0 spiro atoms. The van der Waals surface area contributed by atoms with Gasteiger partial charge < -0.3 is 4.74 Å². The van der Waals surface area contributed by atoms with Crippen LogP contribution in [0.25, 0.3) is 0 Å². The van der Waals surface area contributed by atoms with Crippen molar-refractivity contribution in [1.29, 1.82) is 0 Å². The Hall–Kier alpha value is -0.300. The van der Waals surface area contributed by atoms with Crippen LogP contribution in [-0.4, -0.2) is 6.61 Å². The normalized spacial score (nSPS) is 11.5. The van der Waals surface area contributed by atoms with Crippen molar-refractivity contribution in [2.75, 3.05) is 6.61 Å². The molecule has 1 radical (unpaired) electrons. The first-order valence-corrected chi connectivity index (χ1v) is 8.93. The van der Waals surface area contributed by atoms with Crippen LogP contribution in [0.5, 0.6) is 0 Å². The second-order valence-electron chi connectivity index (χ2n) is 5.87.